The average molecular weight is 568 g/mol. The molecule has 0 spiro atoms. The van der Waals surface area contributed by atoms with Crippen LogP contribution in [0.15, 0.2) is 75.9 Å². The lowest BCUT2D eigenvalue weighted by Gasteiger charge is -2.46. The van der Waals surface area contributed by atoms with Crippen molar-refractivity contribution in [2.75, 3.05) is 44.3 Å². The summed E-state index contributed by atoms with van der Waals surface area (Å²) < 4.78 is 49.1. The summed E-state index contributed by atoms with van der Waals surface area (Å²) in [6.07, 6.45) is 8.78. The van der Waals surface area contributed by atoms with Crippen LogP contribution in [0.2, 0.25) is 0 Å². The molecule has 1 aromatic heterocycles. The molecule has 2 aromatic rings. The fourth-order valence-electron chi connectivity index (χ4n) is 5.81. The Morgan fingerprint density at radius 3 is 2.67 bits per heavy atom. The minimum Gasteiger partial charge on any atom is -0.593 e. The van der Waals surface area contributed by atoms with E-state index in [1.54, 1.807) is 24.5 Å². The minimum absolute atomic E-state index is 0.304. The van der Waals surface area contributed by atoms with E-state index in [4.69, 9.17) is 15.5 Å². The highest BCUT2D eigenvalue weighted by molar-refractivity contribution is 7.89. The van der Waals surface area contributed by atoms with Crippen molar-refractivity contribution in [3.8, 4) is 0 Å². The first-order chi connectivity index (χ1) is 19.4. The summed E-state index contributed by atoms with van der Waals surface area (Å²) >= 11 is -1.41. The van der Waals surface area contributed by atoms with E-state index in [2.05, 4.69) is 11.1 Å². The molecule has 7 nitrogen and oxygen atoms in total. The van der Waals surface area contributed by atoms with Crippen molar-refractivity contribution < 1.29 is 18.1 Å². The van der Waals surface area contributed by atoms with Gasteiger partial charge in [0.15, 0.2) is 4.90 Å². The Bertz CT molecular complexity index is 1300. The number of anilines is 1. The van der Waals surface area contributed by atoms with E-state index in [-0.39, 0.29) is 11.2 Å². The van der Waals surface area contributed by atoms with Gasteiger partial charge in [-0.3, -0.25) is 0 Å². The van der Waals surface area contributed by atoms with Gasteiger partial charge >= 0.3 is 0 Å². The number of hydrogen-bond acceptors (Lipinski definition) is 7. The van der Waals surface area contributed by atoms with Gasteiger partial charge in [0.05, 0.1) is 48.7 Å². The quantitative estimate of drug-likeness (QED) is 0.459. The zero-order valence-electron chi connectivity index (χ0n) is 22.5. The number of alkyl halides is 1. The Balaban J connectivity index is 1.24. The SMILES string of the molecule is NC=C1C[C@]2(COCC3CC3)CN([S+]([O-])c3ccc(N4CC[C@@H](F)C4)nc3)CCC2=CC1=Nc1ccc(F)cc1. The number of nitrogens with two attached hydrogens (primary N) is 1. The standard InChI is InChI=1S/C30H35F2N5O2S/c31-24-3-5-26(6-4-24)35-28-13-23-9-12-37(19-30(23,14-22(28)15-33)20-39-18-21-1-2-21)40(38)27-7-8-29(34-16-27)36-11-10-25(32)17-36/h3-8,13,15-16,21,25H,1-2,9-12,14,17-20,33H2/t25-,30-,40?/m1/s1. The number of fused-ring (bicyclic) bond motifs is 1. The van der Waals surface area contributed by atoms with E-state index in [0.717, 1.165) is 24.3 Å². The first kappa shape index (κ1) is 27.4. The third-order valence-electron chi connectivity index (χ3n) is 8.28. The topological polar surface area (TPSA) is 90.0 Å². The number of benzene rings is 1. The fourth-order valence-corrected chi connectivity index (χ4v) is 7.06. The lowest BCUT2D eigenvalue weighted by Crippen LogP contribution is -2.51. The second kappa shape index (κ2) is 11.6. The van der Waals surface area contributed by atoms with Gasteiger partial charge in [-0.15, -0.1) is 4.31 Å². The summed E-state index contributed by atoms with van der Waals surface area (Å²) in [7, 11) is 0. The normalized spacial score (nSPS) is 28.1. The van der Waals surface area contributed by atoms with Crippen LogP contribution in [0.3, 0.4) is 0 Å². The molecule has 3 fully saturated rings. The van der Waals surface area contributed by atoms with Gasteiger partial charge in [-0.05, 0) is 86.2 Å². The van der Waals surface area contributed by atoms with Crippen LogP contribution in [0.1, 0.15) is 32.1 Å². The minimum atomic E-state index is -1.41. The summed E-state index contributed by atoms with van der Waals surface area (Å²) in [5.74, 6) is 1.05. The molecule has 2 N–H and O–H groups in total. The molecule has 3 atom stereocenters. The van der Waals surface area contributed by atoms with Crippen LogP contribution in [-0.4, -0.2) is 65.1 Å². The van der Waals surface area contributed by atoms with Gasteiger partial charge < -0.3 is 19.9 Å². The monoisotopic (exact) mass is 567 g/mol. The molecule has 3 heterocycles. The largest absolute Gasteiger partial charge is 0.593 e. The molecule has 4 aliphatic rings. The Hall–Kier alpha value is -2.79. The molecule has 0 amide bonds. The van der Waals surface area contributed by atoms with Gasteiger partial charge in [0.1, 0.15) is 17.8 Å². The Morgan fingerprint density at radius 1 is 1.18 bits per heavy atom. The molecule has 1 saturated carbocycles. The van der Waals surface area contributed by atoms with Gasteiger partial charge in [-0.2, -0.15) is 0 Å². The maximum absolute atomic E-state index is 13.7. The molecule has 40 heavy (non-hydrogen) atoms. The third kappa shape index (κ3) is 5.95. The van der Waals surface area contributed by atoms with E-state index >= 15 is 0 Å². The molecule has 10 heteroatoms. The first-order valence-electron chi connectivity index (χ1n) is 14.0. The molecular weight excluding hydrogens is 532 g/mol. The summed E-state index contributed by atoms with van der Waals surface area (Å²) in [5, 5.41) is 0. The van der Waals surface area contributed by atoms with Crippen LogP contribution in [0, 0.1) is 17.2 Å². The van der Waals surface area contributed by atoms with Gasteiger partial charge in [0, 0.05) is 31.2 Å². The molecule has 1 unspecified atom stereocenters. The molecule has 2 aliphatic carbocycles. The van der Waals surface area contributed by atoms with Gasteiger partial charge in [-0.25, -0.2) is 18.8 Å². The summed E-state index contributed by atoms with van der Waals surface area (Å²) in [6.45, 7) is 3.41. The van der Waals surface area contributed by atoms with Gasteiger partial charge in [0.2, 0.25) is 0 Å². The van der Waals surface area contributed by atoms with Crippen molar-refractivity contribution >= 4 is 28.6 Å². The molecule has 0 radical (unpaired) electrons. The number of allylic oxidation sites excluding steroid dienone is 2. The average Bonchev–Trinajstić information content (AvgIpc) is 3.70. The molecule has 1 aromatic carbocycles. The van der Waals surface area contributed by atoms with Crippen molar-refractivity contribution in [2.24, 2.45) is 22.1 Å². The molecule has 2 saturated heterocycles. The van der Waals surface area contributed by atoms with Crippen molar-refractivity contribution in [1.29, 1.82) is 0 Å². The number of ether oxygens (including phenoxy) is 1. The van der Waals surface area contributed by atoms with Crippen molar-refractivity contribution in [3.05, 3.63) is 71.8 Å². The summed E-state index contributed by atoms with van der Waals surface area (Å²) in [5.41, 5.74) is 9.27. The van der Waals surface area contributed by atoms with E-state index in [0.29, 0.717) is 67.9 Å². The second-order valence-electron chi connectivity index (χ2n) is 11.3. The highest BCUT2D eigenvalue weighted by Gasteiger charge is 2.47. The lowest BCUT2D eigenvalue weighted by atomic mass is 9.68. The van der Waals surface area contributed by atoms with Crippen LogP contribution < -0.4 is 10.6 Å². The van der Waals surface area contributed by atoms with E-state index in [9.17, 15) is 13.3 Å². The van der Waals surface area contributed by atoms with Gasteiger partial charge in [0.25, 0.3) is 0 Å². The van der Waals surface area contributed by atoms with Gasteiger partial charge in [-0.1, -0.05) is 5.57 Å². The van der Waals surface area contributed by atoms with Crippen LogP contribution in [-0.2, 0) is 16.1 Å². The number of rotatable bonds is 8. The fraction of sp³-hybridized carbons (Fsp3) is 0.467. The number of hydrogen-bond donors (Lipinski definition) is 1. The zero-order chi connectivity index (χ0) is 27.7. The predicted octanol–water partition coefficient (Wildman–Crippen LogP) is 4.86. The maximum atomic E-state index is 13.7. The van der Waals surface area contributed by atoms with Crippen LogP contribution in [0.5, 0.6) is 0 Å². The first-order valence-corrected chi connectivity index (χ1v) is 15.1. The van der Waals surface area contributed by atoms with Crippen LogP contribution >= 0.6 is 0 Å². The zero-order valence-corrected chi connectivity index (χ0v) is 23.3. The molecule has 6 rings (SSSR count). The molecule has 2 aliphatic heterocycles. The molecule has 212 valence electrons. The molecular formula is C30H35F2N5O2S. The third-order valence-corrected chi connectivity index (χ3v) is 9.70. The van der Waals surface area contributed by atoms with Crippen LogP contribution in [0.4, 0.5) is 20.3 Å². The van der Waals surface area contributed by atoms with E-state index in [1.807, 2.05) is 21.3 Å². The number of aromatic nitrogens is 1. The number of piperidine rings is 1. The van der Waals surface area contributed by atoms with Crippen molar-refractivity contribution in [3.63, 3.8) is 0 Å². The Labute approximate surface area is 237 Å². The van der Waals surface area contributed by atoms with Crippen molar-refractivity contribution in [2.45, 2.75) is 43.2 Å². The number of aliphatic imine (C=N–C) groups is 1. The lowest BCUT2D eigenvalue weighted by molar-refractivity contribution is 0.0360. The number of pyridine rings is 1. The van der Waals surface area contributed by atoms with E-state index < -0.39 is 17.5 Å². The predicted molar refractivity (Wildman–Crippen MR) is 153 cm³/mol. The van der Waals surface area contributed by atoms with Crippen LogP contribution in [0.25, 0.3) is 0 Å². The highest BCUT2D eigenvalue weighted by Crippen LogP contribution is 2.46. The maximum Gasteiger partial charge on any atom is 0.192 e. The smallest absolute Gasteiger partial charge is 0.192 e. The summed E-state index contributed by atoms with van der Waals surface area (Å²) in [4.78, 5) is 11.8. The number of nitrogens with zero attached hydrogens (tertiary/aromatic N) is 4. The highest BCUT2D eigenvalue weighted by atomic mass is 32.2. The summed E-state index contributed by atoms with van der Waals surface area (Å²) in [6, 6.07) is 9.78. The van der Waals surface area contributed by atoms with E-state index in [1.165, 1.54) is 30.5 Å². The Morgan fingerprint density at radius 2 is 2.00 bits per heavy atom. The van der Waals surface area contributed by atoms with Crippen molar-refractivity contribution in [1.82, 2.24) is 9.29 Å². The molecule has 0 bridgehead atoms. The number of halogens is 2. The Kier molecular flexibility index (Phi) is 7.94. The second-order valence-corrected chi connectivity index (χ2v) is 12.8.